The van der Waals surface area contributed by atoms with Crippen molar-refractivity contribution in [2.45, 2.75) is 32.6 Å². The van der Waals surface area contributed by atoms with Crippen molar-refractivity contribution in [3.63, 3.8) is 0 Å². The van der Waals surface area contributed by atoms with Crippen molar-refractivity contribution < 1.29 is 19.1 Å². The molecule has 0 unspecified atom stereocenters. The van der Waals surface area contributed by atoms with E-state index < -0.39 is 0 Å². The number of benzene rings is 1. The minimum absolute atomic E-state index is 0.0176. The summed E-state index contributed by atoms with van der Waals surface area (Å²) in [6.07, 6.45) is 4.13. The molecule has 1 aromatic rings. The Labute approximate surface area is 148 Å². The van der Waals surface area contributed by atoms with Crippen LogP contribution in [0.4, 0.5) is 5.69 Å². The first-order valence-corrected chi connectivity index (χ1v) is 8.97. The van der Waals surface area contributed by atoms with Gasteiger partial charge in [0.2, 0.25) is 5.91 Å². The lowest BCUT2D eigenvalue weighted by Crippen LogP contribution is -2.42. The lowest BCUT2D eigenvalue weighted by atomic mass is 9.88. The molecule has 0 bridgehead atoms. The number of carbonyl (C=O) groups excluding carboxylic acids is 2. The smallest absolute Gasteiger partial charge is 0.260 e. The minimum Gasteiger partial charge on any atom is -0.484 e. The molecule has 2 amide bonds. The third-order valence-electron chi connectivity index (χ3n) is 5.09. The van der Waals surface area contributed by atoms with Gasteiger partial charge in [0.05, 0.1) is 13.2 Å². The molecule has 1 heterocycles. The second-order valence-electron chi connectivity index (χ2n) is 7.03. The number of anilines is 1. The molecule has 1 aliphatic heterocycles. The average Bonchev–Trinajstić information content (AvgIpc) is 3.09. The molecule has 2 aliphatic rings. The Morgan fingerprint density at radius 2 is 1.80 bits per heavy atom. The van der Waals surface area contributed by atoms with E-state index in [-0.39, 0.29) is 23.8 Å². The molecule has 0 aromatic heterocycles. The molecule has 3 rings (SSSR count). The van der Waals surface area contributed by atoms with Crippen molar-refractivity contribution in [2.24, 2.45) is 5.41 Å². The van der Waals surface area contributed by atoms with Gasteiger partial charge in [-0.05, 0) is 37.1 Å². The Kier molecular flexibility index (Phi) is 5.58. The number of hydrogen-bond acceptors (Lipinski definition) is 4. The van der Waals surface area contributed by atoms with Crippen LogP contribution in [0, 0.1) is 5.41 Å². The van der Waals surface area contributed by atoms with Gasteiger partial charge in [0.1, 0.15) is 5.75 Å². The largest absolute Gasteiger partial charge is 0.484 e. The molecule has 2 fully saturated rings. The van der Waals surface area contributed by atoms with Crippen LogP contribution in [0.25, 0.3) is 0 Å². The molecule has 1 N–H and O–H groups in total. The van der Waals surface area contributed by atoms with Gasteiger partial charge in [-0.2, -0.15) is 0 Å². The summed E-state index contributed by atoms with van der Waals surface area (Å²) in [5, 5.41) is 2.98. The molecule has 1 aromatic carbocycles. The van der Waals surface area contributed by atoms with Gasteiger partial charge in [0.15, 0.2) is 6.61 Å². The van der Waals surface area contributed by atoms with Crippen molar-refractivity contribution >= 4 is 17.5 Å². The molecule has 1 aliphatic carbocycles. The van der Waals surface area contributed by atoms with Crippen molar-refractivity contribution in [1.82, 2.24) is 4.90 Å². The standard InChI is InChI=1S/C19H26N2O4/c1-19(8-2-3-9-19)18(23)20-15-4-6-16(7-5-15)25-14-17(22)21-10-12-24-13-11-21/h4-7H,2-3,8-14H2,1H3,(H,20,23). The van der Waals surface area contributed by atoms with E-state index in [1.54, 1.807) is 17.0 Å². The number of carbonyl (C=O) groups is 2. The van der Waals surface area contributed by atoms with Gasteiger partial charge in [0.25, 0.3) is 5.91 Å². The fraction of sp³-hybridized carbons (Fsp3) is 0.579. The normalized spacial score (nSPS) is 19.5. The molecule has 25 heavy (non-hydrogen) atoms. The molecular formula is C19H26N2O4. The monoisotopic (exact) mass is 346 g/mol. The number of rotatable bonds is 5. The second-order valence-corrected chi connectivity index (χ2v) is 7.03. The highest BCUT2D eigenvalue weighted by atomic mass is 16.5. The first kappa shape index (κ1) is 17.7. The first-order valence-electron chi connectivity index (χ1n) is 8.97. The van der Waals surface area contributed by atoms with Crippen LogP contribution in [0.2, 0.25) is 0 Å². The molecule has 0 spiro atoms. The van der Waals surface area contributed by atoms with Crippen LogP contribution in [-0.4, -0.2) is 49.6 Å². The van der Waals surface area contributed by atoms with E-state index in [9.17, 15) is 9.59 Å². The quantitative estimate of drug-likeness (QED) is 0.889. The Morgan fingerprint density at radius 3 is 2.44 bits per heavy atom. The fourth-order valence-electron chi connectivity index (χ4n) is 3.35. The molecule has 6 heteroatoms. The summed E-state index contributed by atoms with van der Waals surface area (Å²) in [6, 6.07) is 7.17. The van der Waals surface area contributed by atoms with E-state index in [4.69, 9.17) is 9.47 Å². The van der Waals surface area contributed by atoms with Crippen molar-refractivity contribution in [3.8, 4) is 5.75 Å². The topological polar surface area (TPSA) is 67.9 Å². The maximum absolute atomic E-state index is 12.4. The zero-order valence-corrected chi connectivity index (χ0v) is 14.8. The van der Waals surface area contributed by atoms with E-state index in [0.29, 0.717) is 32.1 Å². The average molecular weight is 346 g/mol. The van der Waals surface area contributed by atoms with Gasteiger partial charge in [-0.25, -0.2) is 0 Å². The molecule has 0 radical (unpaired) electrons. The van der Waals surface area contributed by atoms with E-state index in [1.165, 1.54) is 0 Å². The predicted molar refractivity (Wildman–Crippen MR) is 94.5 cm³/mol. The van der Waals surface area contributed by atoms with Gasteiger partial charge in [0, 0.05) is 24.2 Å². The van der Waals surface area contributed by atoms with Gasteiger partial charge in [-0.3, -0.25) is 9.59 Å². The van der Waals surface area contributed by atoms with E-state index in [2.05, 4.69) is 5.32 Å². The van der Waals surface area contributed by atoms with E-state index in [0.717, 1.165) is 31.4 Å². The Morgan fingerprint density at radius 1 is 1.16 bits per heavy atom. The maximum Gasteiger partial charge on any atom is 0.260 e. The molecule has 0 atom stereocenters. The number of hydrogen-bond donors (Lipinski definition) is 1. The fourth-order valence-corrected chi connectivity index (χ4v) is 3.35. The van der Waals surface area contributed by atoms with Crippen LogP contribution in [0.5, 0.6) is 5.75 Å². The maximum atomic E-state index is 12.4. The molecule has 1 saturated carbocycles. The third kappa shape index (κ3) is 4.51. The number of nitrogens with one attached hydrogen (secondary N) is 1. The number of amides is 2. The van der Waals surface area contributed by atoms with Gasteiger partial charge in [-0.1, -0.05) is 19.8 Å². The van der Waals surface area contributed by atoms with Crippen LogP contribution < -0.4 is 10.1 Å². The number of nitrogens with zero attached hydrogens (tertiary/aromatic N) is 1. The van der Waals surface area contributed by atoms with Crippen LogP contribution >= 0.6 is 0 Å². The van der Waals surface area contributed by atoms with Crippen LogP contribution in [0.15, 0.2) is 24.3 Å². The van der Waals surface area contributed by atoms with E-state index >= 15 is 0 Å². The molecule has 136 valence electrons. The summed E-state index contributed by atoms with van der Waals surface area (Å²) < 4.78 is 10.8. The Bertz CT molecular complexity index is 602. The zero-order valence-electron chi connectivity index (χ0n) is 14.8. The first-order chi connectivity index (χ1) is 12.1. The number of ether oxygens (including phenoxy) is 2. The summed E-state index contributed by atoms with van der Waals surface area (Å²) in [5.41, 5.74) is 0.504. The van der Waals surface area contributed by atoms with Crippen molar-refractivity contribution in [1.29, 1.82) is 0 Å². The van der Waals surface area contributed by atoms with Gasteiger partial charge >= 0.3 is 0 Å². The lowest BCUT2D eigenvalue weighted by Gasteiger charge is -2.26. The highest BCUT2D eigenvalue weighted by Crippen LogP contribution is 2.38. The summed E-state index contributed by atoms with van der Waals surface area (Å²) in [4.78, 5) is 26.2. The Balaban J connectivity index is 1.48. The van der Waals surface area contributed by atoms with Gasteiger partial charge in [-0.15, -0.1) is 0 Å². The summed E-state index contributed by atoms with van der Waals surface area (Å²) in [7, 11) is 0. The zero-order chi connectivity index (χ0) is 17.7. The van der Waals surface area contributed by atoms with E-state index in [1.807, 2.05) is 19.1 Å². The van der Waals surface area contributed by atoms with Gasteiger partial charge < -0.3 is 19.7 Å². The van der Waals surface area contributed by atoms with Crippen LogP contribution in [-0.2, 0) is 14.3 Å². The van der Waals surface area contributed by atoms with Crippen LogP contribution in [0.1, 0.15) is 32.6 Å². The number of morpholine rings is 1. The highest BCUT2D eigenvalue weighted by molar-refractivity contribution is 5.95. The SMILES string of the molecule is CC1(C(=O)Nc2ccc(OCC(=O)N3CCOCC3)cc2)CCCC1. The third-order valence-corrected chi connectivity index (χ3v) is 5.09. The van der Waals surface area contributed by atoms with Crippen molar-refractivity contribution in [2.75, 3.05) is 38.2 Å². The predicted octanol–water partition coefficient (Wildman–Crippen LogP) is 2.44. The van der Waals surface area contributed by atoms with Crippen LogP contribution in [0.3, 0.4) is 0 Å². The summed E-state index contributed by atoms with van der Waals surface area (Å²) in [5.74, 6) is 0.669. The highest BCUT2D eigenvalue weighted by Gasteiger charge is 2.36. The lowest BCUT2D eigenvalue weighted by molar-refractivity contribution is -0.137. The molecular weight excluding hydrogens is 320 g/mol. The molecule has 1 saturated heterocycles. The summed E-state index contributed by atoms with van der Waals surface area (Å²) >= 11 is 0. The Hall–Kier alpha value is -2.08. The summed E-state index contributed by atoms with van der Waals surface area (Å²) in [6.45, 7) is 4.45. The molecule has 6 nitrogen and oxygen atoms in total. The minimum atomic E-state index is -0.250. The van der Waals surface area contributed by atoms with Crippen molar-refractivity contribution in [3.05, 3.63) is 24.3 Å². The second kappa shape index (κ2) is 7.87.